The fourth-order valence-electron chi connectivity index (χ4n) is 2.59. The third kappa shape index (κ3) is 2.86. The highest BCUT2D eigenvalue weighted by atomic mass is 16.3. The molecule has 1 aromatic heterocycles. The minimum atomic E-state index is 0.694. The van der Waals surface area contributed by atoms with Gasteiger partial charge >= 0.3 is 0 Å². The van der Waals surface area contributed by atoms with Gasteiger partial charge in [0.25, 0.3) is 0 Å². The van der Waals surface area contributed by atoms with Gasteiger partial charge in [-0.1, -0.05) is 6.92 Å². The van der Waals surface area contributed by atoms with Gasteiger partial charge in [-0.15, -0.1) is 0 Å². The minimum Gasteiger partial charge on any atom is -0.469 e. The van der Waals surface area contributed by atoms with E-state index in [2.05, 4.69) is 30.3 Å². The van der Waals surface area contributed by atoms with E-state index in [1.54, 1.807) is 6.26 Å². The number of nitrogens with zero attached hydrogens (tertiary/aromatic N) is 1. The van der Waals surface area contributed by atoms with E-state index in [0.29, 0.717) is 6.04 Å². The van der Waals surface area contributed by atoms with Gasteiger partial charge < -0.3 is 14.6 Å². The quantitative estimate of drug-likeness (QED) is 0.841. The Balaban J connectivity index is 1.75. The molecule has 0 aliphatic carbocycles. The van der Waals surface area contributed by atoms with Crippen LogP contribution >= 0.6 is 0 Å². The second-order valence-electron chi connectivity index (χ2n) is 4.79. The molecule has 1 aromatic rings. The molecule has 1 fully saturated rings. The molecule has 3 nitrogen and oxygen atoms in total. The molecule has 90 valence electrons. The molecular formula is C13H22N2O. The van der Waals surface area contributed by atoms with Crippen molar-refractivity contribution in [2.75, 3.05) is 26.7 Å². The van der Waals surface area contributed by atoms with Crippen molar-refractivity contribution >= 4 is 0 Å². The zero-order valence-corrected chi connectivity index (χ0v) is 10.3. The van der Waals surface area contributed by atoms with E-state index in [-0.39, 0.29) is 0 Å². The van der Waals surface area contributed by atoms with E-state index < -0.39 is 0 Å². The van der Waals surface area contributed by atoms with Crippen LogP contribution in [-0.2, 0) is 6.42 Å². The maximum absolute atomic E-state index is 5.35. The van der Waals surface area contributed by atoms with E-state index in [4.69, 9.17) is 4.42 Å². The van der Waals surface area contributed by atoms with Crippen molar-refractivity contribution in [1.29, 1.82) is 0 Å². The van der Waals surface area contributed by atoms with Crippen molar-refractivity contribution in [2.24, 2.45) is 5.92 Å². The first-order valence-electron chi connectivity index (χ1n) is 6.21. The lowest BCUT2D eigenvalue weighted by Crippen LogP contribution is -2.47. The number of piperidine rings is 1. The van der Waals surface area contributed by atoms with Gasteiger partial charge in [-0.2, -0.15) is 0 Å². The van der Waals surface area contributed by atoms with Gasteiger partial charge in [-0.25, -0.2) is 0 Å². The Morgan fingerprint density at radius 3 is 3.06 bits per heavy atom. The topological polar surface area (TPSA) is 28.4 Å². The largest absolute Gasteiger partial charge is 0.469 e. The predicted molar refractivity (Wildman–Crippen MR) is 65.5 cm³/mol. The third-order valence-electron chi connectivity index (χ3n) is 3.61. The summed E-state index contributed by atoms with van der Waals surface area (Å²) in [4.78, 5) is 2.54. The number of hydrogen-bond donors (Lipinski definition) is 1. The lowest BCUT2D eigenvalue weighted by atomic mass is 9.94. The monoisotopic (exact) mass is 222 g/mol. The van der Waals surface area contributed by atoms with E-state index in [9.17, 15) is 0 Å². The number of rotatable bonds is 4. The standard InChI is InChI=1S/C13H22N2O/c1-11-10-15(8-6-13(11)14-2)7-5-12-4-3-9-16-12/h3-4,9,11,13-14H,5-8,10H2,1-2H3. The van der Waals surface area contributed by atoms with Crippen LogP contribution in [0.3, 0.4) is 0 Å². The second-order valence-corrected chi connectivity index (χ2v) is 4.79. The number of likely N-dealkylation sites (tertiary alicyclic amines) is 1. The first-order chi connectivity index (χ1) is 7.79. The zero-order valence-electron chi connectivity index (χ0n) is 10.3. The van der Waals surface area contributed by atoms with Crippen LogP contribution in [0.5, 0.6) is 0 Å². The highest BCUT2D eigenvalue weighted by Crippen LogP contribution is 2.16. The van der Waals surface area contributed by atoms with Crippen LogP contribution in [0, 0.1) is 5.92 Å². The van der Waals surface area contributed by atoms with Gasteiger partial charge in [0, 0.05) is 25.6 Å². The smallest absolute Gasteiger partial charge is 0.105 e. The lowest BCUT2D eigenvalue weighted by molar-refractivity contribution is 0.151. The molecule has 1 N–H and O–H groups in total. The van der Waals surface area contributed by atoms with E-state index in [0.717, 1.165) is 24.6 Å². The molecule has 1 aliphatic heterocycles. The van der Waals surface area contributed by atoms with Crippen molar-refractivity contribution in [3.8, 4) is 0 Å². The summed E-state index contributed by atoms with van der Waals surface area (Å²) in [6.07, 6.45) is 4.05. The predicted octanol–water partition coefficient (Wildman–Crippen LogP) is 1.75. The molecule has 0 aromatic carbocycles. The summed E-state index contributed by atoms with van der Waals surface area (Å²) in [5.74, 6) is 1.85. The Morgan fingerprint density at radius 2 is 2.44 bits per heavy atom. The molecule has 0 spiro atoms. The number of furan rings is 1. The Kier molecular flexibility index (Phi) is 4.02. The highest BCUT2D eigenvalue weighted by Gasteiger charge is 2.24. The zero-order chi connectivity index (χ0) is 11.4. The van der Waals surface area contributed by atoms with Crippen LogP contribution in [-0.4, -0.2) is 37.6 Å². The van der Waals surface area contributed by atoms with Crippen LogP contribution < -0.4 is 5.32 Å². The molecule has 0 bridgehead atoms. The Morgan fingerprint density at radius 1 is 1.56 bits per heavy atom. The lowest BCUT2D eigenvalue weighted by Gasteiger charge is -2.36. The summed E-state index contributed by atoms with van der Waals surface area (Å²) in [5, 5.41) is 3.40. The van der Waals surface area contributed by atoms with Gasteiger partial charge in [-0.3, -0.25) is 0 Å². The van der Waals surface area contributed by atoms with Crippen molar-refractivity contribution in [1.82, 2.24) is 10.2 Å². The summed E-state index contributed by atoms with van der Waals surface area (Å²) in [6.45, 7) is 5.86. The number of nitrogens with one attached hydrogen (secondary N) is 1. The van der Waals surface area contributed by atoms with Gasteiger partial charge in [0.1, 0.15) is 5.76 Å². The van der Waals surface area contributed by atoms with Gasteiger partial charge in [-0.05, 0) is 38.1 Å². The Hall–Kier alpha value is -0.800. The molecule has 2 rings (SSSR count). The fraction of sp³-hybridized carbons (Fsp3) is 0.692. The fourth-order valence-corrected chi connectivity index (χ4v) is 2.59. The number of hydrogen-bond acceptors (Lipinski definition) is 3. The SMILES string of the molecule is CNC1CCN(CCc2ccco2)CC1C. The van der Waals surface area contributed by atoms with Gasteiger partial charge in [0.05, 0.1) is 6.26 Å². The van der Waals surface area contributed by atoms with Crippen molar-refractivity contribution < 1.29 is 4.42 Å². The van der Waals surface area contributed by atoms with Crippen LogP contribution in [0.1, 0.15) is 19.1 Å². The van der Waals surface area contributed by atoms with E-state index in [1.165, 1.54) is 19.5 Å². The molecule has 2 heterocycles. The summed E-state index contributed by atoms with van der Waals surface area (Å²) >= 11 is 0. The maximum atomic E-state index is 5.35. The maximum Gasteiger partial charge on any atom is 0.105 e. The summed E-state index contributed by atoms with van der Waals surface area (Å²) in [5.41, 5.74) is 0. The Labute approximate surface area is 97.8 Å². The summed E-state index contributed by atoms with van der Waals surface area (Å²) in [6, 6.07) is 4.72. The summed E-state index contributed by atoms with van der Waals surface area (Å²) < 4.78 is 5.35. The molecule has 16 heavy (non-hydrogen) atoms. The van der Waals surface area contributed by atoms with Crippen LogP contribution in [0.4, 0.5) is 0 Å². The molecule has 1 aliphatic rings. The highest BCUT2D eigenvalue weighted by molar-refractivity contribution is 4.98. The van der Waals surface area contributed by atoms with Gasteiger partial charge in [0.2, 0.25) is 0 Å². The van der Waals surface area contributed by atoms with Crippen LogP contribution in [0.25, 0.3) is 0 Å². The van der Waals surface area contributed by atoms with Crippen molar-refractivity contribution in [3.05, 3.63) is 24.2 Å². The normalized spacial score (nSPS) is 27.1. The molecular weight excluding hydrogens is 200 g/mol. The molecule has 2 unspecified atom stereocenters. The average molecular weight is 222 g/mol. The molecule has 0 amide bonds. The summed E-state index contributed by atoms with van der Waals surface area (Å²) in [7, 11) is 2.07. The molecule has 0 saturated carbocycles. The van der Waals surface area contributed by atoms with Gasteiger partial charge in [0.15, 0.2) is 0 Å². The molecule has 1 saturated heterocycles. The molecule has 2 atom stereocenters. The minimum absolute atomic E-state index is 0.694. The average Bonchev–Trinajstić information content (AvgIpc) is 2.79. The van der Waals surface area contributed by atoms with E-state index in [1.807, 2.05) is 6.07 Å². The second kappa shape index (κ2) is 5.51. The van der Waals surface area contributed by atoms with Crippen molar-refractivity contribution in [3.63, 3.8) is 0 Å². The first-order valence-corrected chi connectivity index (χ1v) is 6.21. The molecule has 3 heteroatoms. The van der Waals surface area contributed by atoms with Crippen LogP contribution in [0.15, 0.2) is 22.8 Å². The first kappa shape index (κ1) is 11.7. The van der Waals surface area contributed by atoms with E-state index >= 15 is 0 Å². The van der Waals surface area contributed by atoms with Crippen molar-refractivity contribution in [2.45, 2.75) is 25.8 Å². The third-order valence-corrected chi connectivity index (χ3v) is 3.61. The molecule has 0 radical (unpaired) electrons. The Bertz CT molecular complexity index is 297. The van der Waals surface area contributed by atoms with Crippen LogP contribution in [0.2, 0.25) is 0 Å².